The van der Waals surface area contributed by atoms with Gasteiger partial charge in [0.1, 0.15) is 12.4 Å². The van der Waals surface area contributed by atoms with Gasteiger partial charge in [-0.05, 0) is 47.7 Å². The lowest BCUT2D eigenvalue weighted by Gasteiger charge is -2.32. The first-order valence-electron chi connectivity index (χ1n) is 10.2. The van der Waals surface area contributed by atoms with E-state index in [1.807, 2.05) is 60.7 Å². The van der Waals surface area contributed by atoms with E-state index in [2.05, 4.69) is 0 Å². The van der Waals surface area contributed by atoms with Gasteiger partial charge in [-0.25, -0.2) is 0 Å². The number of fused-ring (bicyclic) bond motifs is 1. The average Bonchev–Trinajstić information content (AvgIpc) is 2.80. The van der Waals surface area contributed by atoms with Crippen molar-refractivity contribution in [3.8, 4) is 5.75 Å². The van der Waals surface area contributed by atoms with Gasteiger partial charge in [0.25, 0.3) is 5.91 Å². The lowest BCUT2D eigenvalue weighted by atomic mass is 9.84. The number of benzene rings is 3. The number of anilines is 1. The van der Waals surface area contributed by atoms with E-state index in [0.717, 1.165) is 16.7 Å². The minimum Gasteiger partial charge on any atom is -0.487 e. The molecule has 0 aliphatic heterocycles. The van der Waals surface area contributed by atoms with Crippen molar-refractivity contribution in [2.75, 3.05) is 11.9 Å². The first-order valence-corrected chi connectivity index (χ1v) is 10.2. The van der Waals surface area contributed by atoms with Gasteiger partial charge < -0.3 is 20.5 Å². The fraction of sp³-hybridized carbons (Fsp3) is 0.240. The average molecular weight is 402 g/mol. The summed E-state index contributed by atoms with van der Waals surface area (Å²) in [5.74, 6) is 0.491. The molecule has 4 rings (SSSR count). The number of carbonyl (C=O) groups is 1. The van der Waals surface area contributed by atoms with Gasteiger partial charge in [0.2, 0.25) is 0 Å². The number of nitrogens with zero attached hydrogens (tertiary/aromatic N) is 1. The number of aliphatic hydroxyl groups excluding tert-OH is 1. The molecule has 0 spiro atoms. The van der Waals surface area contributed by atoms with E-state index >= 15 is 0 Å². The molecule has 5 nitrogen and oxygen atoms in total. The topological polar surface area (TPSA) is 75.8 Å². The Labute approximate surface area is 176 Å². The lowest BCUT2D eigenvalue weighted by Crippen LogP contribution is -2.35. The van der Waals surface area contributed by atoms with Crippen molar-refractivity contribution in [3.63, 3.8) is 0 Å². The number of amides is 1. The standard InChI is InChI=1S/C25H26N2O3/c1-27(25(29)18-10-6-3-7-11-18)23-19-12-14-21(26)24(28)20(19)13-15-22(23)30-16-17-8-4-2-5-9-17/h2-11,13,15,21,24,28H,12,14,16,26H2,1H3. The third-order valence-electron chi connectivity index (χ3n) is 5.63. The van der Waals surface area contributed by atoms with Crippen molar-refractivity contribution in [1.29, 1.82) is 0 Å². The van der Waals surface area contributed by atoms with Crippen LogP contribution in [-0.4, -0.2) is 24.1 Å². The number of hydrogen-bond donors (Lipinski definition) is 2. The Balaban J connectivity index is 1.73. The third kappa shape index (κ3) is 3.95. The predicted molar refractivity (Wildman–Crippen MR) is 118 cm³/mol. The Bertz CT molecular complexity index is 1020. The van der Waals surface area contributed by atoms with E-state index in [1.165, 1.54) is 0 Å². The van der Waals surface area contributed by atoms with Crippen molar-refractivity contribution in [2.45, 2.75) is 31.6 Å². The summed E-state index contributed by atoms with van der Waals surface area (Å²) in [6, 6.07) is 22.4. The minimum absolute atomic E-state index is 0.127. The second-order valence-corrected chi connectivity index (χ2v) is 7.63. The summed E-state index contributed by atoms with van der Waals surface area (Å²) in [5, 5.41) is 10.6. The zero-order valence-electron chi connectivity index (χ0n) is 17.0. The van der Waals surface area contributed by atoms with Gasteiger partial charge in [-0.15, -0.1) is 0 Å². The molecule has 1 aliphatic carbocycles. The number of hydrogen-bond acceptors (Lipinski definition) is 4. The van der Waals surface area contributed by atoms with Crippen molar-refractivity contribution >= 4 is 11.6 Å². The second-order valence-electron chi connectivity index (χ2n) is 7.63. The van der Waals surface area contributed by atoms with Crippen LogP contribution in [0.25, 0.3) is 0 Å². The van der Waals surface area contributed by atoms with Gasteiger partial charge in [-0.1, -0.05) is 54.6 Å². The van der Waals surface area contributed by atoms with E-state index in [9.17, 15) is 9.90 Å². The molecule has 0 heterocycles. The van der Waals surface area contributed by atoms with Crippen LogP contribution in [-0.2, 0) is 13.0 Å². The molecule has 3 aromatic carbocycles. The Kier molecular flexibility index (Phi) is 5.84. The molecule has 3 aromatic rings. The number of rotatable bonds is 5. The molecule has 1 amide bonds. The SMILES string of the molecule is CN(C(=O)c1ccccc1)c1c(OCc2ccccc2)ccc2c1CCC(N)C2O. The van der Waals surface area contributed by atoms with Crippen LogP contribution in [0, 0.1) is 0 Å². The monoisotopic (exact) mass is 402 g/mol. The maximum absolute atomic E-state index is 13.2. The van der Waals surface area contributed by atoms with Crippen molar-refractivity contribution in [3.05, 3.63) is 95.1 Å². The van der Waals surface area contributed by atoms with Crippen LogP contribution in [0.15, 0.2) is 72.8 Å². The Morgan fingerprint density at radius 2 is 1.73 bits per heavy atom. The number of nitrogens with two attached hydrogens (primary N) is 1. The summed E-state index contributed by atoms with van der Waals surface area (Å²) in [7, 11) is 1.75. The summed E-state index contributed by atoms with van der Waals surface area (Å²) < 4.78 is 6.15. The number of ether oxygens (including phenoxy) is 1. The third-order valence-corrected chi connectivity index (χ3v) is 5.63. The van der Waals surface area contributed by atoms with E-state index in [0.29, 0.717) is 36.4 Å². The summed E-state index contributed by atoms with van der Waals surface area (Å²) >= 11 is 0. The fourth-order valence-corrected chi connectivity index (χ4v) is 3.97. The molecule has 2 atom stereocenters. The van der Waals surface area contributed by atoms with Gasteiger partial charge in [0.15, 0.2) is 0 Å². The maximum Gasteiger partial charge on any atom is 0.258 e. The quantitative estimate of drug-likeness (QED) is 0.680. The van der Waals surface area contributed by atoms with E-state index in [-0.39, 0.29) is 11.9 Å². The summed E-state index contributed by atoms with van der Waals surface area (Å²) in [4.78, 5) is 14.8. The highest BCUT2D eigenvalue weighted by Crippen LogP contribution is 2.41. The van der Waals surface area contributed by atoms with E-state index in [1.54, 1.807) is 24.1 Å². The molecule has 0 bridgehead atoms. The zero-order chi connectivity index (χ0) is 21.1. The predicted octanol–water partition coefficient (Wildman–Crippen LogP) is 3.85. The molecule has 0 saturated heterocycles. The van der Waals surface area contributed by atoms with Crippen LogP contribution >= 0.6 is 0 Å². The Hall–Kier alpha value is -3.15. The van der Waals surface area contributed by atoms with Crippen LogP contribution in [0.1, 0.15) is 39.6 Å². The van der Waals surface area contributed by atoms with Crippen molar-refractivity contribution < 1.29 is 14.6 Å². The first kappa shape index (κ1) is 20.1. The van der Waals surface area contributed by atoms with Crippen LogP contribution in [0.5, 0.6) is 5.75 Å². The highest BCUT2D eigenvalue weighted by atomic mass is 16.5. The zero-order valence-corrected chi connectivity index (χ0v) is 17.0. The minimum atomic E-state index is -0.754. The molecule has 1 aliphatic rings. The number of aliphatic hydroxyl groups is 1. The second kappa shape index (κ2) is 8.69. The van der Waals surface area contributed by atoms with E-state index in [4.69, 9.17) is 10.5 Å². The van der Waals surface area contributed by atoms with Gasteiger partial charge in [-0.3, -0.25) is 4.79 Å². The van der Waals surface area contributed by atoms with Gasteiger partial charge in [-0.2, -0.15) is 0 Å². The van der Waals surface area contributed by atoms with Gasteiger partial charge >= 0.3 is 0 Å². The van der Waals surface area contributed by atoms with Gasteiger partial charge in [0.05, 0.1) is 11.8 Å². The van der Waals surface area contributed by atoms with Crippen LogP contribution < -0.4 is 15.4 Å². The number of carbonyl (C=O) groups excluding carboxylic acids is 1. The maximum atomic E-state index is 13.2. The molecule has 5 heteroatoms. The summed E-state index contributed by atoms with van der Waals surface area (Å²) in [6.45, 7) is 0.391. The molecular weight excluding hydrogens is 376 g/mol. The molecular formula is C25H26N2O3. The molecule has 0 aromatic heterocycles. The normalized spacial score (nSPS) is 17.8. The molecule has 3 N–H and O–H groups in total. The highest BCUT2D eigenvalue weighted by molar-refractivity contribution is 6.07. The lowest BCUT2D eigenvalue weighted by molar-refractivity contribution is 0.0991. The summed E-state index contributed by atoms with van der Waals surface area (Å²) in [5.41, 5.74) is 10.1. The fourth-order valence-electron chi connectivity index (χ4n) is 3.97. The molecule has 30 heavy (non-hydrogen) atoms. The Morgan fingerprint density at radius 3 is 2.43 bits per heavy atom. The van der Waals surface area contributed by atoms with Crippen molar-refractivity contribution in [1.82, 2.24) is 0 Å². The van der Waals surface area contributed by atoms with Crippen LogP contribution in [0.4, 0.5) is 5.69 Å². The first-order chi connectivity index (χ1) is 14.6. The summed E-state index contributed by atoms with van der Waals surface area (Å²) in [6.07, 6.45) is 0.574. The van der Waals surface area contributed by atoms with Crippen LogP contribution in [0.3, 0.4) is 0 Å². The Morgan fingerprint density at radius 1 is 1.07 bits per heavy atom. The molecule has 154 valence electrons. The van der Waals surface area contributed by atoms with Crippen LogP contribution in [0.2, 0.25) is 0 Å². The van der Waals surface area contributed by atoms with Gasteiger partial charge in [0, 0.05) is 18.7 Å². The molecule has 0 saturated carbocycles. The smallest absolute Gasteiger partial charge is 0.258 e. The largest absolute Gasteiger partial charge is 0.487 e. The molecule has 2 unspecified atom stereocenters. The molecule has 0 radical (unpaired) electrons. The highest BCUT2D eigenvalue weighted by Gasteiger charge is 2.31. The van der Waals surface area contributed by atoms with Crippen molar-refractivity contribution in [2.24, 2.45) is 5.73 Å². The molecule has 0 fully saturated rings. The van der Waals surface area contributed by atoms with E-state index < -0.39 is 6.10 Å².